The lowest BCUT2D eigenvalue weighted by Crippen LogP contribution is -2.41. The largest absolute Gasteiger partial charge is 0.496 e. The Hall–Kier alpha value is -1.55. The number of ether oxygens (including phenoxy) is 1. The second-order valence-electron chi connectivity index (χ2n) is 5.41. The van der Waals surface area contributed by atoms with Gasteiger partial charge in [-0.25, -0.2) is 0 Å². The van der Waals surface area contributed by atoms with Crippen LogP contribution < -0.4 is 15.8 Å². The number of nitrogens with one attached hydrogen (secondary N) is 1. The van der Waals surface area contributed by atoms with E-state index in [0.717, 1.165) is 36.5 Å². The Bertz CT molecular complexity index is 486. The third kappa shape index (κ3) is 2.32. The van der Waals surface area contributed by atoms with Crippen molar-refractivity contribution in [3.05, 3.63) is 29.8 Å². The first-order valence-corrected chi connectivity index (χ1v) is 6.99. The van der Waals surface area contributed by atoms with E-state index in [1.165, 1.54) is 6.42 Å². The Balaban J connectivity index is 1.81. The molecule has 1 fully saturated rings. The van der Waals surface area contributed by atoms with Crippen LogP contribution in [0.15, 0.2) is 29.3 Å². The van der Waals surface area contributed by atoms with Gasteiger partial charge < -0.3 is 15.8 Å². The summed E-state index contributed by atoms with van der Waals surface area (Å²) in [7, 11) is 1.70. The van der Waals surface area contributed by atoms with Gasteiger partial charge in [-0.05, 0) is 43.9 Å². The van der Waals surface area contributed by atoms with Gasteiger partial charge in [-0.2, -0.15) is 0 Å². The number of nitrogens with zero attached hydrogens (tertiary/aromatic N) is 1. The Labute approximate surface area is 114 Å². The van der Waals surface area contributed by atoms with Gasteiger partial charge in [0, 0.05) is 0 Å². The number of hydrogen-bond donors (Lipinski definition) is 2. The fraction of sp³-hybridized carbons (Fsp3) is 0.533. The average Bonchev–Trinajstić information content (AvgIpc) is 2.89. The van der Waals surface area contributed by atoms with Crippen LogP contribution in [0.2, 0.25) is 0 Å². The maximum absolute atomic E-state index is 5.79. The zero-order valence-electron chi connectivity index (χ0n) is 11.3. The van der Waals surface area contributed by atoms with E-state index in [1.807, 2.05) is 18.2 Å². The second kappa shape index (κ2) is 5.21. The Morgan fingerprint density at radius 1 is 1.37 bits per heavy atom. The zero-order chi connectivity index (χ0) is 13.2. The maximum Gasteiger partial charge on any atom is 0.132 e. The van der Waals surface area contributed by atoms with Crippen LogP contribution >= 0.6 is 0 Å². The highest BCUT2D eigenvalue weighted by molar-refractivity contribution is 6.02. The SMILES string of the molecule is COc1ccccc1C1=NC2CCC(CN)CC2N1. The van der Waals surface area contributed by atoms with Crippen molar-refractivity contribution in [2.45, 2.75) is 31.3 Å². The van der Waals surface area contributed by atoms with Crippen molar-refractivity contribution in [3.63, 3.8) is 0 Å². The van der Waals surface area contributed by atoms with E-state index in [0.29, 0.717) is 18.0 Å². The molecule has 0 radical (unpaired) electrons. The molecule has 1 aliphatic carbocycles. The Morgan fingerprint density at radius 2 is 2.21 bits per heavy atom. The predicted molar refractivity (Wildman–Crippen MR) is 76.6 cm³/mol. The molecule has 0 saturated heterocycles. The molecular weight excluding hydrogens is 238 g/mol. The molecule has 4 heteroatoms. The maximum atomic E-state index is 5.79. The third-order valence-corrected chi connectivity index (χ3v) is 4.23. The van der Waals surface area contributed by atoms with Crippen LogP contribution in [0.5, 0.6) is 5.75 Å². The Morgan fingerprint density at radius 3 is 3.00 bits per heavy atom. The lowest BCUT2D eigenvalue weighted by atomic mass is 9.83. The smallest absolute Gasteiger partial charge is 0.132 e. The topological polar surface area (TPSA) is 59.6 Å². The highest BCUT2D eigenvalue weighted by Crippen LogP contribution is 2.31. The van der Waals surface area contributed by atoms with E-state index in [9.17, 15) is 0 Å². The minimum atomic E-state index is 0.405. The van der Waals surface area contributed by atoms with Crippen molar-refractivity contribution in [2.75, 3.05) is 13.7 Å². The highest BCUT2D eigenvalue weighted by Gasteiger charge is 2.35. The van der Waals surface area contributed by atoms with Crippen molar-refractivity contribution in [1.29, 1.82) is 0 Å². The third-order valence-electron chi connectivity index (χ3n) is 4.23. The summed E-state index contributed by atoms with van der Waals surface area (Å²) >= 11 is 0. The summed E-state index contributed by atoms with van der Waals surface area (Å²) in [5.41, 5.74) is 6.85. The molecule has 19 heavy (non-hydrogen) atoms. The molecule has 2 aliphatic rings. The van der Waals surface area contributed by atoms with Crippen molar-refractivity contribution in [1.82, 2.24) is 5.32 Å². The van der Waals surface area contributed by atoms with Gasteiger partial charge in [0.25, 0.3) is 0 Å². The van der Waals surface area contributed by atoms with Crippen LogP contribution in [0.1, 0.15) is 24.8 Å². The van der Waals surface area contributed by atoms with Gasteiger partial charge >= 0.3 is 0 Å². The number of benzene rings is 1. The number of nitrogens with two attached hydrogens (primary N) is 1. The molecule has 102 valence electrons. The molecule has 1 aromatic carbocycles. The Kier molecular flexibility index (Phi) is 3.42. The number of fused-ring (bicyclic) bond motifs is 1. The number of rotatable bonds is 3. The number of amidine groups is 1. The van der Waals surface area contributed by atoms with Gasteiger partial charge in [0.2, 0.25) is 0 Å². The quantitative estimate of drug-likeness (QED) is 0.865. The minimum Gasteiger partial charge on any atom is -0.496 e. The fourth-order valence-electron chi connectivity index (χ4n) is 3.13. The molecule has 3 unspecified atom stereocenters. The number of methoxy groups -OCH3 is 1. The molecule has 3 atom stereocenters. The van der Waals surface area contributed by atoms with E-state index in [4.69, 9.17) is 15.5 Å². The van der Waals surface area contributed by atoms with Crippen LogP contribution in [0.25, 0.3) is 0 Å². The van der Waals surface area contributed by atoms with Gasteiger partial charge in [0.15, 0.2) is 0 Å². The monoisotopic (exact) mass is 259 g/mol. The second-order valence-corrected chi connectivity index (χ2v) is 5.41. The standard InChI is InChI=1S/C15H21N3O/c1-19-14-5-3-2-4-11(14)15-17-12-7-6-10(9-16)8-13(12)18-15/h2-5,10,12-13H,6-9,16H2,1H3,(H,17,18). The molecule has 0 spiro atoms. The van der Waals surface area contributed by atoms with Crippen LogP contribution in [-0.4, -0.2) is 31.6 Å². The average molecular weight is 259 g/mol. The van der Waals surface area contributed by atoms with E-state index in [1.54, 1.807) is 7.11 Å². The summed E-state index contributed by atoms with van der Waals surface area (Å²) in [6.07, 6.45) is 3.46. The molecule has 1 saturated carbocycles. The van der Waals surface area contributed by atoms with Gasteiger partial charge in [0.05, 0.1) is 24.8 Å². The molecule has 3 N–H and O–H groups in total. The summed E-state index contributed by atoms with van der Waals surface area (Å²) in [4.78, 5) is 4.84. The van der Waals surface area contributed by atoms with E-state index >= 15 is 0 Å². The van der Waals surface area contributed by atoms with Crippen LogP contribution in [0.4, 0.5) is 0 Å². The normalized spacial score (nSPS) is 29.4. The minimum absolute atomic E-state index is 0.405. The van der Waals surface area contributed by atoms with Crippen LogP contribution in [-0.2, 0) is 0 Å². The zero-order valence-corrected chi connectivity index (χ0v) is 11.3. The fourth-order valence-corrected chi connectivity index (χ4v) is 3.13. The lowest BCUT2D eigenvalue weighted by Gasteiger charge is -2.29. The molecular formula is C15H21N3O. The van der Waals surface area contributed by atoms with Gasteiger partial charge in [-0.15, -0.1) is 0 Å². The van der Waals surface area contributed by atoms with Gasteiger partial charge in [-0.3, -0.25) is 4.99 Å². The van der Waals surface area contributed by atoms with E-state index in [-0.39, 0.29) is 0 Å². The summed E-state index contributed by atoms with van der Waals surface area (Å²) < 4.78 is 5.41. The molecule has 1 aromatic rings. The molecule has 3 rings (SSSR count). The molecule has 0 aromatic heterocycles. The highest BCUT2D eigenvalue weighted by atomic mass is 16.5. The van der Waals surface area contributed by atoms with Crippen molar-refractivity contribution in [2.24, 2.45) is 16.6 Å². The van der Waals surface area contributed by atoms with Crippen molar-refractivity contribution in [3.8, 4) is 5.75 Å². The number of hydrogen-bond acceptors (Lipinski definition) is 4. The summed E-state index contributed by atoms with van der Waals surface area (Å²) in [6.45, 7) is 0.787. The van der Waals surface area contributed by atoms with E-state index < -0.39 is 0 Å². The van der Waals surface area contributed by atoms with Gasteiger partial charge in [-0.1, -0.05) is 12.1 Å². The molecule has 1 aliphatic heterocycles. The lowest BCUT2D eigenvalue weighted by molar-refractivity contribution is 0.294. The van der Waals surface area contributed by atoms with Crippen molar-refractivity contribution < 1.29 is 4.74 Å². The van der Waals surface area contributed by atoms with Crippen LogP contribution in [0, 0.1) is 5.92 Å². The predicted octanol–water partition coefficient (Wildman–Crippen LogP) is 1.54. The molecule has 0 bridgehead atoms. The molecule has 1 heterocycles. The van der Waals surface area contributed by atoms with E-state index in [2.05, 4.69) is 11.4 Å². The summed E-state index contributed by atoms with van der Waals surface area (Å²) in [6, 6.07) is 8.89. The van der Waals surface area contributed by atoms with Crippen LogP contribution in [0.3, 0.4) is 0 Å². The molecule has 0 amide bonds. The first-order valence-electron chi connectivity index (χ1n) is 6.99. The van der Waals surface area contributed by atoms with Crippen molar-refractivity contribution >= 4 is 5.84 Å². The number of aliphatic imine (C=N–C) groups is 1. The van der Waals surface area contributed by atoms with Gasteiger partial charge in [0.1, 0.15) is 11.6 Å². The molecule has 4 nitrogen and oxygen atoms in total. The summed E-state index contributed by atoms with van der Waals surface area (Å²) in [5, 5.41) is 3.56. The summed E-state index contributed by atoms with van der Waals surface area (Å²) in [5.74, 6) is 2.49. The first-order chi connectivity index (χ1) is 9.31. The number of para-hydroxylation sites is 1. The first kappa shape index (κ1) is 12.5.